The van der Waals surface area contributed by atoms with Gasteiger partial charge in [-0.05, 0) is 51.5 Å². The highest BCUT2D eigenvalue weighted by Crippen LogP contribution is 2.15. The third-order valence-corrected chi connectivity index (χ3v) is 5.93. The Labute approximate surface area is 213 Å². The summed E-state index contributed by atoms with van der Waals surface area (Å²) in [6.07, 6.45) is 4.65. The van der Waals surface area contributed by atoms with Crippen molar-refractivity contribution in [1.29, 1.82) is 0 Å². The van der Waals surface area contributed by atoms with Gasteiger partial charge in [0, 0.05) is 37.2 Å². The molecule has 200 valence electrons. The Morgan fingerprint density at radius 1 is 0.944 bits per heavy atom. The van der Waals surface area contributed by atoms with Gasteiger partial charge in [-0.25, -0.2) is 4.79 Å². The Kier molecular flexibility index (Phi) is 10.7. The summed E-state index contributed by atoms with van der Waals surface area (Å²) in [5.74, 6) is -0.652. The number of nitrogens with one attached hydrogen (secondary N) is 3. The van der Waals surface area contributed by atoms with Crippen molar-refractivity contribution in [3.8, 4) is 0 Å². The minimum Gasteiger partial charge on any atom is -0.350 e. The minimum absolute atomic E-state index is 0.0494. The van der Waals surface area contributed by atoms with Crippen LogP contribution in [0.25, 0.3) is 0 Å². The summed E-state index contributed by atoms with van der Waals surface area (Å²) in [6, 6.07) is 3.94. The lowest BCUT2D eigenvalue weighted by Crippen LogP contribution is -2.58. The number of non-ortho nitro benzene ring substituents is 1. The second kappa shape index (κ2) is 13.2. The van der Waals surface area contributed by atoms with Crippen molar-refractivity contribution >= 4 is 23.5 Å². The van der Waals surface area contributed by atoms with Gasteiger partial charge in [-0.1, -0.05) is 38.8 Å². The topological polar surface area (TPSA) is 134 Å². The summed E-state index contributed by atoms with van der Waals surface area (Å²) in [6.45, 7) is 10.8. The molecule has 0 bridgehead atoms. The number of nitrogens with zero attached hydrogens (tertiary/aromatic N) is 2. The van der Waals surface area contributed by atoms with Crippen molar-refractivity contribution in [3.05, 3.63) is 39.9 Å². The molecule has 1 heterocycles. The van der Waals surface area contributed by atoms with E-state index in [-0.39, 0.29) is 30.0 Å². The van der Waals surface area contributed by atoms with E-state index in [1.807, 2.05) is 34.6 Å². The number of rotatable bonds is 9. The zero-order chi connectivity index (χ0) is 26.9. The highest BCUT2D eigenvalue weighted by molar-refractivity contribution is 5.92. The van der Waals surface area contributed by atoms with Gasteiger partial charge in [0.05, 0.1) is 4.92 Å². The number of urea groups is 1. The summed E-state index contributed by atoms with van der Waals surface area (Å²) in [7, 11) is 0. The molecule has 3 N–H and O–H groups in total. The van der Waals surface area contributed by atoms with Crippen LogP contribution in [-0.4, -0.2) is 58.4 Å². The molecule has 0 spiro atoms. The number of likely N-dealkylation sites (tertiary alicyclic amines) is 1. The van der Waals surface area contributed by atoms with Crippen molar-refractivity contribution in [2.75, 3.05) is 13.1 Å². The van der Waals surface area contributed by atoms with Crippen LogP contribution in [0.1, 0.15) is 72.3 Å². The predicted octanol–water partition coefficient (Wildman–Crippen LogP) is 3.54. The number of nitro groups is 1. The largest absolute Gasteiger partial charge is 0.350 e. The van der Waals surface area contributed by atoms with Crippen LogP contribution in [0.4, 0.5) is 10.5 Å². The van der Waals surface area contributed by atoms with Crippen molar-refractivity contribution in [3.63, 3.8) is 0 Å². The SMILES string of the molecule is CC(C)C[C@H](NC(=O)N1CCCCCC1)C(=O)N[C@@H](Cc1ccc([N+](=O)[O-])cc1)C(=O)NC(C)(C)C. The van der Waals surface area contributed by atoms with E-state index < -0.39 is 28.5 Å². The Bertz CT molecular complexity index is 902. The first kappa shape index (κ1) is 29.1. The molecule has 0 aliphatic carbocycles. The van der Waals surface area contributed by atoms with E-state index in [4.69, 9.17) is 0 Å². The molecule has 1 aromatic carbocycles. The van der Waals surface area contributed by atoms with Crippen LogP contribution < -0.4 is 16.0 Å². The fraction of sp³-hybridized carbons (Fsp3) is 0.654. The molecular formula is C26H41N5O5. The summed E-state index contributed by atoms with van der Waals surface area (Å²) in [5.41, 5.74) is 0.101. The van der Waals surface area contributed by atoms with Gasteiger partial charge < -0.3 is 20.9 Å². The van der Waals surface area contributed by atoms with Gasteiger partial charge in [-0.3, -0.25) is 19.7 Å². The van der Waals surface area contributed by atoms with E-state index >= 15 is 0 Å². The molecule has 1 aliphatic rings. The van der Waals surface area contributed by atoms with Crippen LogP contribution in [0.15, 0.2) is 24.3 Å². The zero-order valence-corrected chi connectivity index (χ0v) is 22.1. The van der Waals surface area contributed by atoms with Crippen LogP contribution in [0.3, 0.4) is 0 Å². The average Bonchev–Trinajstić information content (AvgIpc) is 3.06. The molecule has 1 saturated heterocycles. The second-order valence-corrected chi connectivity index (χ2v) is 11.0. The van der Waals surface area contributed by atoms with Gasteiger partial charge in [0.2, 0.25) is 11.8 Å². The summed E-state index contributed by atoms with van der Waals surface area (Å²) < 4.78 is 0. The van der Waals surface area contributed by atoms with Gasteiger partial charge in [-0.2, -0.15) is 0 Å². The fourth-order valence-electron chi connectivity index (χ4n) is 4.14. The molecule has 2 rings (SSSR count). The molecule has 1 aliphatic heterocycles. The van der Waals surface area contributed by atoms with E-state index in [1.165, 1.54) is 12.1 Å². The molecular weight excluding hydrogens is 462 g/mol. The molecule has 1 aromatic rings. The molecule has 10 heteroatoms. The van der Waals surface area contributed by atoms with E-state index in [9.17, 15) is 24.5 Å². The maximum atomic E-state index is 13.4. The van der Waals surface area contributed by atoms with Gasteiger partial charge in [0.15, 0.2) is 0 Å². The summed E-state index contributed by atoms with van der Waals surface area (Å²) >= 11 is 0. The Morgan fingerprint density at radius 3 is 2.03 bits per heavy atom. The third-order valence-electron chi connectivity index (χ3n) is 5.93. The van der Waals surface area contributed by atoms with E-state index in [1.54, 1.807) is 17.0 Å². The zero-order valence-electron chi connectivity index (χ0n) is 22.1. The molecule has 36 heavy (non-hydrogen) atoms. The van der Waals surface area contributed by atoms with Crippen molar-refractivity contribution < 1.29 is 19.3 Å². The number of hydrogen-bond donors (Lipinski definition) is 3. The van der Waals surface area contributed by atoms with Crippen molar-refractivity contribution in [1.82, 2.24) is 20.9 Å². The van der Waals surface area contributed by atoms with E-state index in [0.29, 0.717) is 25.1 Å². The number of benzene rings is 1. The van der Waals surface area contributed by atoms with Gasteiger partial charge in [0.25, 0.3) is 5.69 Å². The van der Waals surface area contributed by atoms with Gasteiger partial charge >= 0.3 is 6.03 Å². The number of amides is 4. The van der Waals surface area contributed by atoms with Crippen LogP contribution >= 0.6 is 0 Å². The summed E-state index contributed by atoms with van der Waals surface area (Å²) in [5, 5.41) is 19.6. The lowest BCUT2D eigenvalue weighted by atomic mass is 10.00. The first-order valence-corrected chi connectivity index (χ1v) is 12.8. The van der Waals surface area contributed by atoms with Crippen LogP contribution in [0.2, 0.25) is 0 Å². The summed E-state index contributed by atoms with van der Waals surface area (Å²) in [4.78, 5) is 51.6. The molecule has 0 unspecified atom stereocenters. The van der Waals surface area contributed by atoms with Crippen molar-refractivity contribution in [2.45, 2.75) is 90.8 Å². The standard InChI is InChI=1S/C26H41N5O5/c1-18(2)16-21(28-25(34)30-14-8-6-7-9-15-30)23(32)27-22(24(33)29-26(3,4)5)17-19-10-12-20(13-11-19)31(35)36/h10-13,18,21-22H,6-9,14-17H2,1-5H3,(H,27,32)(H,28,34)(H,29,33)/t21-,22-/m0/s1. The highest BCUT2D eigenvalue weighted by atomic mass is 16.6. The van der Waals surface area contributed by atoms with Gasteiger partial charge in [0.1, 0.15) is 12.1 Å². The quantitative estimate of drug-likeness (QED) is 0.350. The normalized spacial score (nSPS) is 16.0. The molecule has 2 atom stereocenters. The molecule has 10 nitrogen and oxygen atoms in total. The Balaban J connectivity index is 2.19. The Hall–Kier alpha value is -3.17. The van der Waals surface area contributed by atoms with Crippen molar-refractivity contribution in [2.24, 2.45) is 5.92 Å². The molecule has 4 amide bonds. The second-order valence-electron chi connectivity index (χ2n) is 11.0. The lowest BCUT2D eigenvalue weighted by Gasteiger charge is -2.29. The monoisotopic (exact) mass is 503 g/mol. The smallest absolute Gasteiger partial charge is 0.318 e. The first-order valence-electron chi connectivity index (χ1n) is 12.8. The maximum absolute atomic E-state index is 13.4. The molecule has 0 aromatic heterocycles. The maximum Gasteiger partial charge on any atom is 0.318 e. The molecule has 0 saturated carbocycles. The third kappa shape index (κ3) is 9.83. The molecule has 1 fully saturated rings. The number of carbonyl (C=O) groups is 3. The van der Waals surface area contributed by atoms with E-state index in [2.05, 4.69) is 16.0 Å². The van der Waals surface area contributed by atoms with E-state index in [0.717, 1.165) is 25.7 Å². The average molecular weight is 504 g/mol. The van der Waals surface area contributed by atoms with Crippen LogP contribution in [0.5, 0.6) is 0 Å². The first-order chi connectivity index (χ1) is 16.9. The predicted molar refractivity (Wildman–Crippen MR) is 138 cm³/mol. The minimum atomic E-state index is -0.914. The number of nitro benzene ring substituents is 1. The van der Waals surface area contributed by atoms with Gasteiger partial charge in [-0.15, -0.1) is 0 Å². The van der Waals surface area contributed by atoms with Crippen LogP contribution in [0, 0.1) is 16.0 Å². The Morgan fingerprint density at radius 2 is 1.53 bits per heavy atom. The fourth-order valence-corrected chi connectivity index (χ4v) is 4.14. The number of carbonyl (C=O) groups excluding carboxylic acids is 3. The highest BCUT2D eigenvalue weighted by Gasteiger charge is 2.30. The molecule has 0 radical (unpaired) electrons. The lowest BCUT2D eigenvalue weighted by molar-refractivity contribution is -0.384. The number of hydrogen-bond acceptors (Lipinski definition) is 5. The van der Waals surface area contributed by atoms with Crippen LogP contribution in [-0.2, 0) is 16.0 Å².